The number of ether oxygens (including phenoxy) is 1. The molecule has 0 saturated heterocycles. The van der Waals surface area contributed by atoms with Crippen LogP contribution in [0.5, 0.6) is 11.5 Å². The Bertz CT molecular complexity index is 2520. The number of rotatable bonds is 12. The Morgan fingerprint density at radius 1 is 0.982 bits per heavy atom. The number of aromatic nitrogens is 2. The third-order valence-electron chi connectivity index (χ3n) is 10.0. The highest BCUT2D eigenvalue weighted by Gasteiger charge is 2.39. The molecule has 0 spiro atoms. The number of carbonyl (C=O) groups excluding carboxylic acids is 1. The molecule has 0 atom stereocenters. The van der Waals surface area contributed by atoms with E-state index in [0.717, 1.165) is 55.5 Å². The number of nitrogens with zero attached hydrogens (tertiary/aromatic N) is 4. The third kappa shape index (κ3) is 9.00. The van der Waals surface area contributed by atoms with Crippen molar-refractivity contribution in [3.63, 3.8) is 0 Å². The molecule has 0 bridgehead atoms. The van der Waals surface area contributed by atoms with Gasteiger partial charge >= 0.3 is 6.30 Å². The normalized spacial score (nSPS) is 14.1. The molecule has 1 aliphatic rings. The van der Waals surface area contributed by atoms with Crippen LogP contribution in [0.4, 0.5) is 30.2 Å². The van der Waals surface area contributed by atoms with Gasteiger partial charge in [0.15, 0.2) is 17.3 Å². The van der Waals surface area contributed by atoms with Gasteiger partial charge in [-0.2, -0.15) is 4.57 Å². The van der Waals surface area contributed by atoms with Gasteiger partial charge in [-0.3, -0.25) is 9.59 Å². The molecule has 1 aliphatic carbocycles. The number of alkyl halides is 3. The zero-order valence-electron chi connectivity index (χ0n) is 31.8. The molecule has 1 aromatic heterocycles. The number of amides is 1. The van der Waals surface area contributed by atoms with Crippen molar-refractivity contribution in [2.75, 3.05) is 30.4 Å². The Morgan fingerprint density at radius 3 is 2.37 bits per heavy atom. The van der Waals surface area contributed by atoms with Crippen LogP contribution in [0.25, 0.3) is 10.9 Å². The molecule has 0 unspecified atom stereocenters. The zero-order chi connectivity index (χ0) is 41.1. The first-order chi connectivity index (χ1) is 27.1. The minimum atomic E-state index is -5.36. The number of aliphatic imine (C=N–C) groups is 1. The molecule has 2 N–H and O–H groups in total. The lowest BCUT2D eigenvalue weighted by molar-refractivity contribution is -0.206. The van der Waals surface area contributed by atoms with Crippen molar-refractivity contribution in [3.8, 4) is 11.5 Å². The van der Waals surface area contributed by atoms with Crippen molar-refractivity contribution in [1.82, 2.24) is 14.3 Å². The molecule has 57 heavy (non-hydrogen) atoms. The van der Waals surface area contributed by atoms with Crippen LogP contribution in [-0.2, 0) is 21.1 Å². The molecule has 4 aromatic carbocycles. The molecule has 1 saturated carbocycles. The summed E-state index contributed by atoms with van der Waals surface area (Å²) < 4.78 is 78.9. The van der Waals surface area contributed by atoms with Crippen LogP contribution in [0.2, 0.25) is 5.02 Å². The number of aryl methyl sites for hydroxylation is 1. The molecule has 6 rings (SSSR count). The number of anilines is 2. The molecule has 1 amide bonds. The maximum absolute atomic E-state index is 15.0. The number of hydrogen-bond acceptors (Lipinski definition) is 8. The first-order valence-corrected chi connectivity index (χ1v) is 20.4. The first kappa shape index (κ1) is 41.4. The molecule has 0 aliphatic heterocycles. The summed E-state index contributed by atoms with van der Waals surface area (Å²) in [5.74, 6) is -1.64. The van der Waals surface area contributed by atoms with Gasteiger partial charge in [0.05, 0.1) is 27.2 Å². The Kier molecular flexibility index (Phi) is 12.4. The van der Waals surface area contributed by atoms with Crippen molar-refractivity contribution >= 4 is 61.2 Å². The predicted molar refractivity (Wildman–Crippen MR) is 217 cm³/mol. The van der Waals surface area contributed by atoms with E-state index in [9.17, 15) is 31.2 Å². The number of para-hydroxylation sites is 1. The quantitative estimate of drug-likeness (QED) is 0.120. The monoisotopic (exact) mass is 822 g/mol. The van der Waals surface area contributed by atoms with Crippen LogP contribution in [-0.4, -0.2) is 49.7 Å². The van der Waals surface area contributed by atoms with Gasteiger partial charge in [-0.25, -0.2) is 23.1 Å². The van der Waals surface area contributed by atoms with E-state index in [4.69, 9.17) is 16.3 Å². The highest BCUT2D eigenvalue weighted by atomic mass is 35.5. The van der Waals surface area contributed by atoms with Gasteiger partial charge in [-0.15, -0.1) is 13.2 Å². The molecule has 1 fully saturated rings. The second kappa shape index (κ2) is 17.1. The van der Waals surface area contributed by atoms with Gasteiger partial charge in [0.1, 0.15) is 5.75 Å². The van der Waals surface area contributed by atoms with Crippen molar-refractivity contribution in [2.24, 2.45) is 4.99 Å². The Hall–Kier alpha value is -5.25. The average molecular weight is 823 g/mol. The summed E-state index contributed by atoms with van der Waals surface area (Å²) in [5.41, 5.74) is -0.359. The highest BCUT2D eigenvalue weighted by molar-refractivity contribution is 7.89. The first-order valence-electron chi connectivity index (χ1n) is 18.5. The van der Waals surface area contributed by atoms with Crippen LogP contribution >= 0.6 is 11.6 Å². The van der Waals surface area contributed by atoms with Crippen molar-refractivity contribution < 1.29 is 31.1 Å². The summed E-state index contributed by atoms with van der Waals surface area (Å²) in [5, 5.41) is 2.15. The number of halogens is 4. The lowest BCUT2D eigenvalue weighted by Crippen LogP contribution is -2.39. The SMILES string of the molecule is CCN(CC)c1ccc(/N=C(\C(=O)Nc2cc(S(=O)(=O)NC)ccc2Oc2ccccc2C2CCCCC2)c2nc3ccc(Cl)cc3c(=O)n2C(F)(F)F)c(C)c1. The summed E-state index contributed by atoms with van der Waals surface area (Å²) in [6.07, 6.45) is -0.237. The highest BCUT2D eigenvalue weighted by Crippen LogP contribution is 2.41. The summed E-state index contributed by atoms with van der Waals surface area (Å²) in [4.78, 5) is 38.7. The van der Waals surface area contributed by atoms with Gasteiger partial charge in [-0.05, 0) is 118 Å². The van der Waals surface area contributed by atoms with E-state index in [-0.39, 0.29) is 38.5 Å². The average Bonchev–Trinajstić information content (AvgIpc) is 3.18. The summed E-state index contributed by atoms with van der Waals surface area (Å²) in [6.45, 7) is 7.02. The van der Waals surface area contributed by atoms with E-state index in [1.807, 2.05) is 26.0 Å². The van der Waals surface area contributed by atoms with Crippen LogP contribution in [0.3, 0.4) is 0 Å². The largest absolute Gasteiger partial charge is 0.493 e. The minimum absolute atomic E-state index is 0.00687. The second-order valence-electron chi connectivity index (χ2n) is 13.6. The fourth-order valence-electron chi connectivity index (χ4n) is 7.03. The number of fused-ring (bicyclic) bond motifs is 1. The Labute approximate surface area is 333 Å². The van der Waals surface area contributed by atoms with E-state index < -0.39 is 49.3 Å². The maximum Gasteiger partial charge on any atom is 0.493 e. The molecule has 300 valence electrons. The molecule has 11 nitrogen and oxygen atoms in total. The molecule has 16 heteroatoms. The molecule has 0 radical (unpaired) electrons. The molecule has 5 aromatic rings. The van der Waals surface area contributed by atoms with Gasteiger partial charge < -0.3 is 15.0 Å². The Balaban J connectivity index is 1.55. The summed E-state index contributed by atoms with van der Waals surface area (Å²) in [7, 11) is -2.87. The molecular weight excluding hydrogens is 781 g/mol. The zero-order valence-corrected chi connectivity index (χ0v) is 33.4. The standard InChI is InChI=1S/C41H42ClF3N6O5S/c1-5-50(6-2)28-17-20-32(25(3)22-28)47-37(38-48-33-19-16-27(42)23-31(33)40(53)51(38)41(43,44)45)39(52)49-34-24-29(57(54,55)46-4)18-21-36(34)56-35-15-11-10-14-30(35)26-12-8-7-9-13-26/h10-11,14-24,26,46H,5-9,12-13H2,1-4H3,(H,49,52)/b47-37-. The lowest BCUT2D eigenvalue weighted by Gasteiger charge is -2.24. The van der Waals surface area contributed by atoms with Crippen molar-refractivity contribution in [2.45, 2.75) is 70.0 Å². The van der Waals surface area contributed by atoms with E-state index in [0.29, 0.717) is 24.4 Å². The second-order valence-corrected chi connectivity index (χ2v) is 15.9. The van der Waals surface area contributed by atoms with Gasteiger partial charge in [0.2, 0.25) is 10.0 Å². The molecular formula is C41H42ClF3N6O5S. The topological polar surface area (TPSA) is 135 Å². The van der Waals surface area contributed by atoms with Crippen LogP contribution in [0.15, 0.2) is 93.5 Å². The van der Waals surface area contributed by atoms with Gasteiger partial charge in [0, 0.05) is 23.8 Å². The van der Waals surface area contributed by atoms with Gasteiger partial charge in [0.25, 0.3) is 11.5 Å². The molecule has 1 heterocycles. The van der Waals surface area contributed by atoms with Crippen LogP contribution in [0.1, 0.15) is 68.8 Å². The maximum atomic E-state index is 15.0. The number of carbonyl (C=O) groups is 1. The Morgan fingerprint density at radius 2 is 1.70 bits per heavy atom. The fourth-order valence-corrected chi connectivity index (χ4v) is 7.96. The number of hydrogen-bond donors (Lipinski definition) is 2. The van der Waals surface area contributed by atoms with Crippen molar-refractivity contribution in [1.29, 1.82) is 0 Å². The number of nitrogens with one attached hydrogen (secondary N) is 2. The third-order valence-corrected chi connectivity index (χ3v) is 11.7. The lowest BCUT2D eigenvalue weighted by atomic mass is 9.84. The predicted octanol–water partition coefficient (Wildman–Crippen LogP) is 9.19. The minimum Gasteiger partial charge on any atom is -0.455 e. The van der Waals surface area contributed by atoms with Crippen molar-refractivity contribution in [3.05, 3.63) is 111 Å². The summed E-state index contributed by atoms with van der Waals surface area (Å²) >= 11 is 6.06. The number of sulfonamides is 1. The smallest absolute Gasteiger partial charge is 0.455 e. The number of benzene rings is 4. The van der Waals surface area contributed by atoms with Crippen LogP contribution < -0.4 is 25.2 Å². The van der Waals surface area contributed by atoms with E-state index >= 15 is 0 Å². The van der Waals surface area contributed by atoms with Gasteiger partial charge in [-0.1, -0.05) is 49.1 Å². The van der Waals surface area contributed by atoms with Crippen LogP contribution in [0, 0.1) is 6.92 Å². The van der Waals surface area contributed by atoms with E-state index in [2.05, 4.69) is 24.9 Å². The fraction of sp³-hybridized carbons (Fsp3) is 0.317. The van der Waals surface area contributed by atoms with E-state index in [1.54, 1.807) is 37.3 Å². The summed E-state index contributed by atoms with van der Waals surface area (Å²) in [6, 6.07) is 19.9. The van der Waals surface area contributed by atoms with E-state index in [1.165, 1.54) is 31.3 Å².